The quantitative estimate of drug-likeness (QED) is 0.928. The van der Waals surface area contributed by atoms with Crippen LogP contribution < -0.4 is 5.32 Å². The van der Waals surface area contributed by atoms with E-state index in [1.165, 1.54) is 0 Å². The molecule has 0 fully saturated rings. The molecule has 0 saturated heterocycles. The van der Waals surface area contributed by atoms with Crippen molar-refractivity contribution in [1.82, 2.24) is 19.7 Å². The molecule has 2 rings (SSSR count). The Bertz CT molecular complexity index is 595. The van der Waals surface area contributed by atoms with Gasteiger partial charge in [0.1, 0.15) is 5.54 Å². The summed E-state index contributed by atoms with van der Waals surface area (Å²) in [5.74, 6) is -0.00977. The van der Waals surface area contributed by atoms with Crippen molar-refractivity contribution in [2.45, 2.75) is 39.3 Å². The van der Waals surface area contributed by atoms with Gasteiger partial charge in [-0.2, -0.15) is 5.10 Å². The normalized spacial score (nSPS) is 13.2. The van der Waals surface area contributed by atoms with Crippen LogP contribution in [0.25, 0.3) is 0 Å². The van der Waals surface area contributed by atoms with Gasteiger partial charge in [-0.3, -0.25) is 9.48 Å². The first kappa shape index (κ1) is 14.4. The zero-order valence-corrected chi connectivity index (χ0v) is 12.7. The van der Waals surface area contributed by atoms with Crippen LogP contribution >= 0.6 is 0 Å². The van der Waals surface area contributed by atoms with Gasteiger partial charge in [-0.05, 0) is 39.8 Å². The van der Waals surface area contributed by atoms with E-state index < -0.39 is 5.54 Å². The Morgan fingerprint density at radius 1 is 1.35 bits per heavy atom. The number of hydrogen-bond acceptors (Lipinski definition) is 2. The van der Waals surface area contributed by atoms with E-state index in [1.807, 2.05) is 74.7 Å². The zero-order chi connectivity index (χ0) is 14.9. The fraction of sp³-hybridized carbons (Fsp3) is 0.467. The van der Waals surface area contributed by atoms with Crippen LogP contribution in [0.3, 0.4) is 0 Å². The number of aryl methyl sites for hydroxylation is 1. The van der Waals surface area contributed by atoms with Gasteiger partial charge >= 0.3 is 0 Å². The highest BCUT2D eigenvalue weighted by Crippen LogP contribution is 2.20. The molecule has 0 spiro atoms. The Morgan fingerprint density at radius 3 is 2.45 bits per heavy atom. The SMILES string of the molecule is Cc1c([C@@H](C)NC(=O)C(C)(C)n2cccc2)cnn1C. The van der Waals surface area contributed by atoms with Crippen molar-refractivity contribution in [3.05, 3.63) is 42.0 Å². The van der Waals surface area contributed by atoms with Gasteiger partial charge in [0.15, 0.2) is 0 Å². The minimum Gasteiger partial charge on any atom is -0.347 e. The lowest BCUT2D eigenvalue weighted by atomic mass is 10.0. The minimum atomic E-state index is -0.617. The van der Waals surface area contributed by atoms with Gasteiger partial charge in [-0.1, -0.05) is 0 Å². The van der Waals surface area contributed by atoms with Gasteiger partial charge in [0.25, 0.3) is 0 Å². The van der Waals surface area contributed by atoms with E-state index in [1.54, 1.807) is 0 Å². The summed E-state index contributed by atoms with van der Waals surface area (Å²) in [7, 11) is 1.90. The molecule has 5 nitrogen and oxygen atoms in total. The molecule has 2 heterocycles. The third-order valence-electron chi connectivity index (χ3n) is 3.89. The lowest BCUT2D eigenvalue weighted by Crippen LogP contribution is -2.44. The van der Waals surface area contributed by atoms with Crippen LogP contribution in [0.1, 0.15) is 38.1 Å². The molecule has 0 unspecified atom stereocenters. The van der Waals surface area contributed by atoms with Gasteiger partial charge in [0.2, 0.25) is 5.91 Å². The van der Waals surface area contributed by atoms with Crippen molar-refractivity contribution in [3.63, 3.8) is 0 Å². The summed E-state index contributed by atoms with van der Waals surface area (Å²) >= 11 is 0. The Morgan fingerprint density at radius 2 is 1.95 bits per heavy atom. The number of carbonyl (C=O) groups excluding carboxylic acids is 1. The highest BCUT2D eigenvalue weighted by atomic mass is 16.2. The van der Waals surface area contributed by atoms with E-state index in [0.29, 0.717) is 0 Å². The molecule has 108 valence electrons. The summed E-state index contributed by atoms with van der Waals surface area (Å²) in [6.45, 7) is 7.80. The first-order valence-corrected chi connectivity index (χ1v) is 6.77. The van der Waals surface area contributed by atoms with Crippen LogP contribution in [-0.4, -0.2) is 20.3 Å². The van der Waals surface area contributed by atoms with Crippen molar-refractivity contribution in [1.29, 1.82) is 0 Å². The minimum absolute atomic E-state index is 0.00977. The van der Waals surface area contributed by atoms with Crippen LogP contribution in [0.15, 0.2) is 30.7 Å². The highest BCUT2D eigenvalue weighted by molar-refractivity contribution is 5.84. The summed E-state index contributed by atoms with van der Waals surface area (Å²) in [6, 6.07) is 3.78. The lowest BCUT2D eigenvalue weighted by Gasteiger charge is -2.27. The third-order valence-corrected chi connectivity index (χ3v) is 3.89. The molecule has 1 amide bonds. The number of carbonyl (C=O) groups is 1. The van der Waals surface area contributed by atoms with Crippen molar-refractivity contribution in [2.75, 3.05) is 0 Å². The standard InChI is InChI=1S/C15H22N4O/c1-11(13-10-16-18(5)12(13)2)17-14(20)15(3,4)19-8-6-7-9-19/h6-11H,1-5H3,(H,17,20)/t11-/m1/s1. The molecule has 0 aliphatic rings. The Kier molecular flexibility index (Phi) is 3.70. The summed E-state index contributed by atoms with van der Waals surface area (Å²) in [5.41, 5.74) is 1.49. The van der Waals surface area contributed by atoms with Crippen LogP contribution in [0.4, 0.5) is 0 Å². The van der Waals surface area contributed by atoms with Crippen molar-refractivity contribution >= 4 is 5.91 Å². The Hall–Kier alpha value is -2.04. The molecule has 0 saturated carbocycles. The first-order chi connectivity index (χ1) is 9.34. The van der Waals surface area contributed by atoms with Gasteiger partial charge in [-0.25, -0.2) is 0 Å². The highest BCUT2D eigenvalue weighted by Gasteiger charge is 2.30. The summed E-state index contributed by atoms with van der Waals surface area (Å²) in [6.07, 6.45) is 5.61. The third kappa shape index (κ3) is 2.48. The average Bonchev–Trinajstić information content (AvgIpc) is 3.01. The van der Waals surface area contributed by atoms with Gasteiger partial charge < -0.3 is 9.88 Å². The maximum absolute atomic E-state index is 12.5. The molecule has 0 radical (unpaired) electrons. The zero-order valence-electron chi connectivity index (χ0n) is 12.7. The molecular weight excluding hydrogens is 252 g/mol. The number of aromatic nitrogens is 3. The summed E-state index contributed by atoms with van der Waals surface area (Å²) in [4.78, 5) is 12.5. The monoisotopic (exact) mass is 274 g/mol. The Balaban J connectivity index is 2.14. The predicted molar refractivity (Wildman–Crippen MR) is 78.3 cm³/mol. The second kappa shape index (κ2) is 5.15. The molecule has 5 heteroatoms. The number of hydrogen-bond donors (Lipinski definition) is 1. The second-order valence-electron chi connectivity index (χ2n) is 5.65. The van der Waals surface area contributed by atoms with E-state index in [-0.39, 0.29) is 11.9 Å². The fourth-order valence-corrected chi connectivity index (χ4v) is 2.22. The van der Waals surface area contributed by atoms with Gasteiger partial charge in [-0.15, -0.1) is 0 Å². The molecule has 1 N–H and O–H groups in total. The van der Waals surface area contributed by atoms with E-state index in [0.717, 1.165) is 11.3 Å². The molecule has 0 aromatic carbocycles. The van der Waals surface area contributed by atoms with Crippen molar-refractivity contribution in [2.24, 2.45) is 7.05 Å². The van der Waals surface area contributed by atoms with Crippen molar-refractivity contribution < 1.29 is 4.79 Å². The Labute approximate surface area is 119 Å². The maximum atomic E-state index is 12.5. The molecule has 2 aromatic heterocycles. The van der Waals surface area contributed by atoms with E-state index >= 15 is 0 Å². The number of nitrogens with one attached hydrogen (secondary N) is 1. The number of amides is 1. The van der Waals surface area contributed by atoms with E-state index in [9.17, 15) is 4.79 Å². The average molecular weight is 274 g/mol. The molecule has 0 aliphatic heterocycles. The fourth-order valence-electron chi connectivity index (χ4n) is 2.22. The molecule has 2 aromatic rings. The second-order valence-corrected chi connectivity index (χ2v) is 5.65. The maximum Gasteiger partial charge on any atom is 0.246 e. The van der Waals surface area contributed by atoms with Gasteiger partial charge in [0.05, 0.1) is 12.2 Å². The van der Waals surface area contributed by atoms with Crippen LogP contribution in [0.2, 0.25) is 0 Å². The molecular formula is C15H22N4O. The molecule has 20 heavy (non-hydrogen) atoms. The van der Waals surface area contributed by atoms with Crippen molar-refractivity contribution in [3.8, 4) is 0 Å². The van der Waals surface area contributed by atoms with E-state index in [2.05, 4.69) is 10.4 Å². The van der Waals surface area contributed by atoms with Crippen LogP contribution in [-0.2, 0) is 17.4 Å². The smallest absolute Gasteiger partial charge is 0.246 e. The molecule has 0 bridgehead atoms. The summed E-state index contributed by atoms with van der Waals surface area (Å²) in [5, 5.41) is 7.28. The predicted octanol–water partition coefficient (Wildman–Crippen LogP) is 2.14. The summed E-state index contributed by atoms with van der Waals surface area (Å²) < 4.78 is 3.72. The number of rotatable bonds is 4. The van der Waals surface area contributed by atoms with E-state index in [4.69, 9.17) is 0 Å². The first-order valence-electron chi connectivity index (χ1n) is 6.77. The lowest BCUT2D eigenvalue weighted by molar-refractivity contribution is -0.129. The van der Waals surface area contributed by atoms with Crippen LogP contribution in [0, 0.1) is 6.92 Å². The van der Waals surface area contributed by atoms with Gasteiger partial charge in [0, 0.05) is 30.7 Å². The van der Waals surface area contributed by atoms with Crippen LogP contribution in [0.5, 0.6) is 0 Å². The molecule has 0 aliphatic carbocycles. The number of nitrogens with zero attached hydrogens (tertiary/aromatic N) is 3. The molecule has 1 atom stereocenters. The largest absolute Gasteiger partial charge is 0.347 e. The topological polar surface area (TPSA) is 51.9 Å².